The van der Waals surface area contributed by atoms with Crippen LogP contribution >= 0.6 is 11.3 Å². The quantitative estimate of drug-likeness (QED) is 0.873. The maximum absolute atomic E-state index is 12.1. The summed E-state index contributed by atoms with van der Waals surface area (Å²) in [4.78, 5) is 27.4. The number of thiazole rings is 1. The van der Waals surface area contributed by atoms with Gasteiger partial charge in [0.25, 0.3) is 0 Å². The Balaban J connectivity index is 1.81. The van der Waals surface area contributed by atoms with Crippen molar-refractivity contribution in [2.45, 2.75) is 38.5 Å². The molecule has 0 saturated heterocycles. The van der Waals surface area contributed by atoms with Gasteiger partial charge in [-0.05, 0) is 19.3 Å². The zero-order valence-corrected chi connectivity index (χ0v) is 12.4. The van der Waals surface area contributed by atoms with Gasteiger partial charge in [0, 0.05) is 30.0 Å². The normalized spacial score (nSPS) is 24.1. The molecule has 3 atom stereocenters. The van der Waals surface area contributed by atoms with Crippen LogP contribution in [0.15, 0.2) is 11.6 Å². The van der Waals surface area contributed by atoms with E-state index in [1.165, 1.54) is 0 Å². The van der Waals surface area contributed by atoms with Crippen LogP contribution in [-0.4, -0.2) is 28.5 Å². The first-order valence-corrected chi connectivity index (χ1v) is 7.85. The molecule has 5 nitrogen and oxygen atoms in total. The molecule has 20 heavy (non-hydrogen) atoms. The lowest BCUT2D eigenvalue weighted by Gasteiger charge is -2.26. The molecule has 1 aliphatic carbocycles. The van der Waals surface area contributed by atoms with E-state index in [1.807, 2.05) is 12.3 Å². The highest BCUT2D eigenvalue weighted by Gasteiger charge is 2.31. The molecule has 1 aromatic rings. The van der Waals surface area contributed by atoms with Crippen LogP contribution in [0.25, 0.3) is 0 Å². The van der Waals surface area contributed by atoms with Crippen LogP contribution in [0.4, 0.5) is 0 Å². The highest BCUT2D eigenvalue weighted by Crippen LogP contribution is 2.29. The maximum atomic E-state index is 12.1. The number of hydrogen-bond donors (Lipinski definition) is 2. The van der Waals surface area contributed by atoms with Crippen LogP contribution < -0.4 is 5.32 Å². The molecule has 1 fully saturated rings. The fourth-order valence-electron chi connectivity index (χ4n) is 2.62. The zero-order chi connectivity index (χ0) is 14.5. The number of nitrogens with one attached hydrogen (secondary N) is 1. The Kier molecular flexibility index (Phi) is 5.11. The van der Waals surface area contributed by atoms with E-state index < -0.39 is 5.97 Å². The second-order valence-electron chi connectivity index (χ2n) is 5.42. The van der Waals surface area contributed by atoms with Gasteiger partial charge in [-0.1, -0.05) is 13.3 Å². The molecule has 1 aliphatic rings. The van der Waals surface area contributed by atoms with E-state index in [0.717, 1.165) is 17.8 Å². The molecule has 110 valence electrons. The van der Waals surface area contributed by atoms with Gasteiger partial charge in [-0.25, -0.2) is 4.98 Å². The van der Waals surface area contributed by atoms with Gasteiger partial charge in [0.2, 0.25) is 5.91 Å². The first-order valence-electron chi connectivity index (χ1n) is 6.97. The van der Waals surface area contributed by atoms with Crippen molar-refractivity contribution in [3.63, 3.8) is 0 Å². The molecule has 0 bridgehead atoms. The number of carbonyl (C=O) groups is 2. The third-order valence-electron chi connectivity index (χ3n) is 3.85. The Morgan fingerprint density at radius 1 is 1.50 bits per heavy atom. The van der Waals surface area contributed by atoms with E-state index in [2.05, 4.69) is 10.3 Å². The van der Waals surface area contributed by atoms with Gasteiger partial charge in [-0.15, -0.1) is 11.3 Å². The molecule has 1 heterocycles. The lowest BCUT2D eigenvalue weighted by atomic mass is 9.81. The topological polar surface area (TPSA) is 79.3 Å². The summed E-state index contributed by atoms with van der Waals surface area (Å²) in [5, 5.41) is 14.9. The van der Waals surface area contributed by atoms with Gasteiger partial charge in [0.1, 0.15) is 0 Å². The molecule has 0 aromatic carbocycles. The van der Waals surface area contributed by atoms with Crippen molar-refractivity contribution in [2.75, 3.05) is 6.54 Å². The summed E-state index contributed by atoms with van der Waals surface area (Å²) in [5.74, 6) is -1.12. The lowest BCUT2D eigenvalue weighted by molar-refractivity contribution is -0.144. The second kappa shape index (κ2) is 6.83. The lowest BCUT2D eigenvalue weighted by Crippen LogP contribution is -2.37. The minimum atomic E-state index is -0.779. The number of carboxylic acid groups (broad SMARTS) is 1. The van der Waals surface area contributed by atoms with Gasteiger partial charge in [0.05, 0.1) is 10.9 Å². The van der Waals surface area contributed by atoms with E-state index in [0.29, 0.717) is 19.4 Å². The Bertz CT molecular complexity index is 461. The zero-order valence-electron chi connectivity index (χ0n) is 11.5. The molecule has 1 amide bonds. The monoisotopic (exact) mass is 296 g/mol. The third-order valence-corrected chi connectivity index (χ3v) is 4.86. The summed E-state index contributed by atoms with van der Waals surface area (Å²) in [7, 11) is 0. The molecule has 2 rings (SSSR count). The first kappa shape index (κ1) is 15.0. The van der Waals surface area contributed by atoms with Gasteiger partial charge in [-0.2, -0.15) is 0 Å². The fourth-order valence-corrected chi connectivity index (χ4v) is 3.31. The van der Waals surface area contributed by atoms with Crippen LogP contribution in [0.1, 0.15) is 43.5 Å². The van der Waals surface area contributed by atoms with E-state index in [4.69, 9.17) is 5.11 Å². The van der Waals surface area contributed by atoms with Gasteiger partial charge in [-0.3, -0.25) is 9.59 Å². The van der Waals surface area contributed by atoms with Gasteiger partial charge < -0.3 is 10.4 Å². The Labute approximate surface area is 122 Å². The molecule has 0 radical (unpaired) electrons. The van der Waals surface area contributed by atoms with Crippen molar-refractivity contribution < 1.29 is 14.7 Å². The van der Waals surface area contributed by atoms with Crippen molar-refractivity contribution in [3.8, 4) is 0 Å². The van der Waals surface area contributed by atoms with Crippen molar-refractivity contribution in [1.29, 1.82) is 0 Å². The highest BCUT2D eigenvalue weighted by atomic mass is 32.1. The molecule has 3 unspecified atom stereocenters. The van der Waals surface area contributed by atoms with E-state index in [1.54, 1.807) is 17.5 Å². The number of aliphatic carboxylic acids is 1. The smallest absolute Gasteiger partial charge is 0.306 e. The summed E-state index contributed by atoms with van der Waals surface area (Å²) in [6, 6.07) is 0. The number of nitrogens with zero attached hydrogens (tertiary/aromatic N) is 1. The SMILES string of the molecule is CC(CNC(=O)C1CCCC(C(=O)O)C1)c1nccs1. The highest BCUT2D eigenvalue weighted by molar-refractivity contribution is 7.09. The van der Waals surface area contributed by atoms with E-state index in [9.17, 15) is 9.59 Å². The molecule has 1 aromatic heterocycles. The standard InChI is InChI=1S/C14H20N2O3S/c1-9(13-15-5-6-20-13)8-16-12(17)10-3-2-4-11(7-10)14(18)19/h5-6,9-11H,2-4,7-8H2,1H3,(H,16,17)(H,18,19). The molecule has 0 aliphatic heterocycles. The summed E-state index contributed by atoms with van der Waals surface area (Å²) < 4.78 is 0. The maximum Gasteiger partial charge on any atom is 0.306 e. The van der Waals surface area contributed by atoms with Crippen LogP contribution in [0, 0.1) is 11.8 Å². The second-order valence-corrected chi connectivity index (χ2v) is 6.34. The molecule has 2 N–H and O–H groups in total. The number of carboxylic acids is 1. The molecular formula is C14H20N2O3S. The van der Waals surface area contributed by atoms with Gasteiger partial charge >= 0.3 is 5.97 Å². The molecule has 6 heteroatoms. The summed E-state index contributed by atoms with van der Waals surface area (Å²) in [6.45, 7) is 2.58. The summed E-state index contributed by atoms with van der Waals surface area (Å²) in [6.07, 6.45) is 4.52. The molecule has 0 spiro atoms. The summed E-state index contributed by atoms with van der Waals surface area (Å²) in [5.41, 5.74) is 0. The minimum absolute atomic E-state index is 0.0145. The predicted octanol–water partition coefficient (Wildman–Crippen LogP) is 2.25. The van der Waals surface area contributed by atoms with Gasteiger partial charge in [0.15, 0.2) is 0 Å². The van der Waals surface area contributed by atoms with Crippen LogP contribution in [-0.2, 0) is 9.59 Å². The number of carbonyl (C=O) groups excluding carboxylic acids is 1. The molecular weight excluding hydrogens is 276 g/mol. The average molecular weight is 296 g/mol. The van der Waals surface area contributed by atoms with E-state index in [-0.39, 0.29) is 23.7 Å². The van der Waals surface area contributed by atoms with Crippen molar-refractivity contribution >= 4 is 23.2 Å². The number of hydrogen-bond acceptors (Lipinski definition) is 4. The van der Waals surface area contributed by atoms with E-state index >= 15 is 0 Å². The van der Waals surface area contributed by atoms with Crippen LogP contribution in [0.3, 0.4) is 0 Å². The largest absolute Gasteiger partial charge is 0.481 e. The Morgan fingerprint density at radius 3 is 2.90 bits per heavy atom. The van der Waals surface area contributed by atoms with Crippen LogP contribution in [0.2, 0.25) is 0 Å². The van der Waals surface area contributed by atoms with Crippen molar-refractivity contribution in [2.24, 2.45) is 11.8 Å². The Hall–Kier alpha value is -1.43. The first-order chi connectivity index (χ1) is 9.58. The fraction of sp³-hybridized carbons (Fsp3) is 0.643. The molecule has 1 saturated carbocycles. The average Bonchev–Trinajstić information content (AvgIpc) is 2.98. The number of amides is 1. The van der Waals surface area contributed by atoms with Crippen molar-refractivity contribution in [3.05, 3.63) is 16.6 Å². The third kappa shape index (κ3) is 3.79. The van der Waals surface area contributed by atoms with Crippen molar-refractivity contribution in [1.82, 2.24) is 10.3 Å². The Morgan fingerprint density at radius 2 is 2.25 bits per heavy atom. The van der Waals surface area contributed by atoms with Crippen LogP contribution in [0.5, 0.6) is 0 Å². The number of aromatic nitrogens is 1. The summed E-state index contributed by atoms with van der Waals surface area (Å²) >= 11 is 1.58. The predicted molar refractivity (Wildman–Crippen MR) is 76.6 cm³/mol. The minimum Gasteiger partial charge on any atom is -0.481 e. The number of rotatable bonds is 5.